The van der Waals surface area contributed by atoms with Gasteiger partial charge < -0.3 is 10.4 Å². The molecule has 0 amide bonds. The second-order valence-corrected chi connectivity index (χ2v) is 4.90. The van der Waals surface area contributed by atoms with Crippen molar-refractivity contribution < 1.29 is 9.90 Å². The largest absolute Gasteiger partial charge is 0.481 e. The first-order chi connectivity index (χ1) is 6.78. The van der Waals surface area contributed by atoms with Crippen molar-refractivity contribution in [3.05, 3.63) is 0 Å². The summed E-state index contributed by atoms with van der Waals surface area (Å²) in [6, 6.07) is 0.295. The topological polar surface area (TPSA) is 49.3 Å². The summed E-state index contributed by atoms with van der Waals surface area (Å²) in [4.78, 5) is 11.5. The second kappa shape index (κ2) is 5.50. The first kappa shape index (κ1) is 14.4. The number of aliphatic carboxylic acids is 1. The highest BCUT2D eigenvalue weighted by Gasteiger charge is 2.44. The van der Waals surface area contributed by atoms with Crippen molar-refractivity contribution in [2.45, 2.75) is 60.0 Å². The third-order valence-corrected chi connectivity index (χ3v) is 3.37. The third kappa shape index (κ3) is 2.94. The van der Waals surface area contributed by atoms with E-state index in [4.69, 9.17) is 0 Å². The molecular formula is C12H25NO2. The minimum atomic E-state index is -0.694. The van der Waals surface area contributed by atoms with E-state index >= 15 is 0 Å². The number of hydrogen-bond donors (Lipinski definition) is 2. The molecule has 2 atom stereocenters. The Bertz CT molecular complexity index is 214. The summed E-state index contributed by atoms with van der Waals surface area (Å²) >= 11 is 0. The Morgan fingerprint density at radius 1 is 1.27 bits per heavy atom. The zero-order valence-corrected chi connectivity index (χ0v) is 10.8. The first-order valence-electron chi connectivity index (χ1n) is 5.78. The van der Waals surface area contributed by atoms with Crippen LogP contribution >= 0.6 is 0 Å². The SMILES string of the molecule is CCC(C(=O)O)(C(C)C)C(C)NC(C)C. The van der Waals surface area contributed by atoms with Crippen LogP contribution in [0.15, 0.2) is 0 Å². The van der Waals surface area contributed by atoms with Gasteiger partial charge >= 0.3 is 5.97 Å². The van der Waals surface area contributed by atoms with Crippen molar-refractivity contribution in [2.75, 3.05) is 0 Å². The van der Waals surface area contributed by atoms with Crippen LogP contribution in [0.3, 0.4) is 0 Å². The number of carboxylic acids is 1. The van der Waals surface area contributed by atoms with Crippen molar-refractivity contribution >= 4 is 5.97 Å². The molecular weight excluding hydrogens is 190 g/mol. The standard InChI is InChI=1S/C12H25NO2/c1-7-12(8(2)3,11(14)15)10(6)13-9(4)5/h8-10,13H,7H2,1-6H3,(H,14,15). The van der Waals surface area contributed by atoms with E-state index in [1.807, 2.05) is 41.5 Å². The lowest BCUT2D eigenvalue weighted by molar-refractivity contribution is -0.154. The number of carbonyl (C=O) groups is 1. The highest BCUT2D eigenvalue weighted by molar-refractivity contribution is 5.76. The molecule has 0 saturated heterocycles. The molecule has 0 radical (unpaired) electrons. The van der Waals surface area contributed by atoms with Gasteiger partial charge in [-0.25, -0.2) is 0 Å². The fourth-order valence-corrected chi connectivity index (χ4v) is 2.45. The lowest BCUT2D eigenvalue weighted by Gasteiger charge is -2.39. The van der Waals surface area contributed by atoms with E-state index in [1.54, 1.807) is 0 Å². The highest BCUT2D eigenvalue weighted by Crippen LogP contribution is 2.35. The van der Waals surface area contributed by atoms with E-state index in [0.717, 1.165) is 0 Å². The summed E-state index contributed by atoms with van der Waals surface area (Å²) < 4.78 is 0. The van der Waals surface area contributed by atoms with Crippen LogP contribution in [-0.4, -0.2) is 23.2 Å². The van der Waals surface area contributed by atoms with Gasteiger partial charge in [-0.3, -0.25) is 4.79 Å². The summed E-state index contributed by atoms with van der Waals surface area (Å²) in [7, 11) is 0. The van der Waals surface area contributed by atoms with Gasteiger partial charge in [0.2, 0.25) is 0 Å². The molecule has 2 N–H and O–H groups in total. The highest BCUT2D eigenvalue weighted by atomic mass is 16.4. The minimum Gasteiger partial charge on any atom is -0.481 e. The van der Waals surface area contributed by atoms with Crippen molar-refractivity contribution in [1.29, 1.82) is 0 Å². The van der Waals surface area contributed by atoms with E-state index in [0.29, 0.717) is 12.5 Å². The van der Waals surface area contributed by atoms with E-state index in [1.165, 1.54) is 0 Å². The molecule has 0 saturated carbocycles. The molecule has 2 unspecified atom stereocenters. The molecule has 0 aliphatic heterocycles. The molecule has 15 heavy (non-hydrogen) atoms. The molecule has 0 heterocycles. The van der Waals surface area contributed by atoms with Crippen molar-refractivity contribution in [3.8, 4) is 0 Å². The molecule has 3 nitrogen and oxygen atoms in total. The summed E-state index contributed by atoms with van der Waals surface area (Å²) in [6.07, 6.45) is 0.654. The Balaban J connectivity index is 4.98. The van der Waals surface area contributed by atoms with Gasteiger partial charge in [-0.05, 0) is 19.3 Å². The van der Waals surface area contributed by atoms with Crippen LogP contribution in [0.4, 0.5) is 0 Å². The van der Waals surface area contributed by atoms with E-state index in [9.17, 15) is 9.90 Å². The van der Waals surface area contributed by atoms with Crippen LogP contribution in [0.2, 0.25) is 0 Å². The lowest BCUT2D eigenvalue weighted by Crippen LogP contribution is -2.53. The van der Waals surface area contributed by atoms with Gasteiger partial charge in [0.15, 0.2) is 0 Å². The van der Waals surface area contributed by atoms with Gasteiger partial charge in [0.25, 0.3) is 0 Å². The molecule has 0 aromatic heterocycles. The molecule has 0 aromatic rings. The number of hydrogen-bond acceptors (Lipinski definition) is 2. The van der Waals surface area contributed by atoms with Crippen molar-refractivity contribution in [2.24, 2.45) is 11.3 Å². The smallest absolute Gasteiger partial charge is 0.311 e. The molecule has 90 valence electrons. The molecule has 0 bridgehead atoms. The van der Waals surface area contributed by atoms with Gasteiger partial charge in [0, 0.05) is 12.1 Å². The Morgan fingerprint density at radius 2 is 1.73 bits per heavy atom. The van der Waals surface area contributed by atoms with Gasteiger partial charge in [-0.15, -0.1) is 0 Å². The minimum absolute atomic E-state index is 0.0139. The van der Waals surface area contributed by atoms with Gasteiger partial charge in [0.1, 0.15) is 0 Å². The molecule has 0 rings (SSSR count). The summed E-state index contributed by atoms with van der Waals surface area (Å²) in [5, 5.41) is 12.8. The van der Waals surface area contributed by atoms with Crippen LogP contribution in [0.1, 0.15) is 48.0 Å². The van der Waals surface area contributed by atoms with E-state index < -0.39 is 11.4 Å². The van der Waals surface area contributed by atoms with E-state index in [2.05, 4.69) is 5.32 Å². The molecule has 0 aliphatic carbocycles. The average Bonchev–Trinajstić information content (AvgIpc) is 2.02. The van der Waals surface area contributed by atoms with Gasteiger partial charge in [-0.1, -0.05) is 34.6 Å². The fraction of sp³-hybridized carbons (Fsp3) is 0.917. The fourth-order valence-electron chi connectivity index (χ4n) is 2.45. The van der Waals surface area contributed by atoms with Crippen LogP contribution in [0.5, 0.6) is 0 Å². The predicted molar refractivity (Wildman–Crippen MR) is 62.9 cm³/mol. The number of nitrogens with one attached hydrogen (secondary N) is 1. The molecule has 0 fully saturated rings. The van der Waals surface area contributed by atoms with Crippen molar-refractivity contribution in [1.82, 2.24) is 5.32 Å². The van der Waals surface area contributed by atoms with Crippen LogP contribution < -0.4 is 5.32 Å². The lowest BCUT2D eigenvalue weighted by atomic mass is 9.69. The quantitative estimate of drug-likeness (QED) is 0.715. The molecule has 0 aliphatic rings. The van der Waals surface area contributed by atoms with E-state index in [-0.39, 0.29) is 12.0 Å². The van der Waals surface area contributed by atoms with Crippen LogP contribution in [0.25, 0.3) is 0 Å². The monoisotopic (exact) mass is 215 g/mol. The Kier molecular flexibility index (Phi) is 5.29. The summed E-state index contributed by atoms with van der Waals surface area (Å²) in [6.45, 7) is 12.0. The summed E-state index contributed by atoms with van der Waals surface area (Å²) in [5.41, 5.74) is -0.662. The normalized spacial score (nSPS) is 17.9. The number of rotatable bonds is 6. The predicted octanol–water partition coefficient (Wildman–Crippen LogP) is 2.51. The third-order valence-electron chi connectivity index (χ3n) is 3.37. The average molecular weight is 215 g/mol. The molecule has 0 aromatic carbocycles. The second-order valence-electron chi connectivity index (χ2n) is 4.90. The Labute approximate surface area is 93.3 Å². The molecule has 3 heteroatoms. The zero-order chi connectivity index (χ0) is 12.2. The maximum atomic E-state index is 11.5. The Hall–Kier alpha value is -0.570. The first-order valence-corrected chi connectivity index (χ1v) is 5.78. The zero-order valence-electron chi connectivity index (χ0n) is 10.8. The summed E-state index contributed by atoms with van der Waals surface area (Å²) in [5.74, 6) is -0.568. The number of carboxylic acid groups (broad SMARTS) is 1. The van der Waals surface area contributed by atoms with Crippen LogP contribution in [0, 0.1) is 11.3 Å². The Morgan fingerprint density at radius 3 is 1.93 bits per heavy atom. The van der Waals surface area contributed by atoms with Gasteiger partial charge in [-0.2, -0.15) is 0 Å². The molecule has 0 spiro atoms. The van der Waals surface area contributed by atoms with Gasteiger partial charge in [0.05, 0.1) is 5.41 Å². The maximum absolute atomic E-state index is 11.5. The van der Waals surface area contributed by atoms with Crippen molar-refractivity contribution in [3.63, 3.8) is 0 Å². The maximum Gasteiger partial charge on any atom is 0.311 e. The van der Waals surface area contributed by atoms with Crippen LogP contribution in [-0.2, 0) is 4.79 Å².